The lowest BCUT2D eigenvalue weighted by atomic mass is 9.80. The fourth-order valence-corrected chi connectivity index (χ4v) is 2.79. The van der Waals surface area contributed by atoms with E-state index < -0.39 is 6.10 Å². The van der Waals surface area contributed by atoms with Crippen LogP contribution in [0.3, 0.4) is 0 Å². The van der Waals surface area contributed by atoms with Gasteiger partial charge in [-0.25, -0.2) is 4.79 Å². The highest BCUT2D eigenvalue weighted by Gasteiger charge is 2.24. The summed E-state index contributed by atoms with van der Waals surface area (Å²) in [5, 5.41) is 15.3. The van der Waals surface area contributed by atoms with E-state index in [1.54, 1.807) is 7.11 Å². The van der Waals surface area contributed by atoms with Gasteiger partial charge in [0.25, 0.3) is 0 Å². The highest BCUT2D eigenvalue weighted by molar-refractivity contribution is 5.74. The SMILES string of the molecule is COCC(O)CCNC(=O)NC1CCC(C(C)C)CC1. The van der Waals surface area contributed by atoms with Crippen molar-refractivity contribution in [2.24, 2.45) is 11.8 Å². The van der Waals surface area contributed by atoms with Crippen molar-refractivity contribution < 1.29 is 14.6 Å². The molecule has 1 aliphatic rings. The average molecular weight is 286 g/mol. The zero-order chi connectivity index (χ0) is 15.0. The Labute approximate surface area is 122 Å². The van der Waals surface area contributed by atoms with E-state index in [4.69, 9.17) is 4.74 Å². The summed E-state index contributed by atoms with van der Waals surface area (Å²) in [4.78, 5) is 11.7. The number of carbonyl (C=O) groups is 1. The molecule has 3 N–H and O–H groups in total. The normalized spacial score (nSPS) is 24.4. The third-order valence-corrected chi connectivity index (χ3v) is 4.17. The van der Waals surface area contributed by atoms with Gasteiger partial charge in [-0.2, -0.15) is 0 Å². The molecule has 118 valence electrons. The molecule has 0 heterocycles. The van der Waals surface area contributed by atoms with E-state index in [2.05, 4.69) is 24.5 Å². The minimum absolute atomic E-state index is 0.123. The first-order chi connectivity index (χ1) is 9.52. The zero-order valence-electron chi connectivity index (χ0n) is 13.0. The molecule has 0 aromatic heterocycles. The van der Waals surface area contributed by atoms with E-state index in [0.717, 1.165) is 24.7 Å². The van der Waals surface area contributed by atoms with Crippen LogP contribution in [0.25, 0.3) is 0 Å². The van der Waals surface area contributed by atoms with Crippen molar-refractivity contribution in [2.75, 3.05) is 20.3 Å². The number of nitrogens with one attached hydrogen (secondary N) is 2. The molecular weight excluding hydrogens is 256 g/mol. The van der Waals surface area contributed by atoms with Crippen molar-refractivity contribution in [1.82, 2.24) is 10.6 Å². The van der Waals surface area contributed by atoms with Crippen molar-refractivity contribution in [2.45, 2.75) is 58.1 Å². The summed E-state index contributed by atoms with van der Waals surface area (Å²) in [6.07, 6.45) is 4.55. The fourth-order valence-electron chi connectivity index (χ4n) is 2.79. The number of aliphatic hydroxyl groups excluding tert-OH is 1. The highest BCUT2D eigenvalue weighted by Crippen LogP contribution is 2.29. The first kappa shape index (κ1) is 17.2. The number of hydrogen-bond acceptors (Lipinski definition) is 3. The number of urea groups is 1. The van der Waals surface area contributed by atoms with Crippen LogP contribution in [0.15, 0.2) is 0 Å². The van der Waals surface area contributed by atoms with Gasteiger partial charge in [-0.1, -0.05) is 13.8 Å². The maximum atomic E-state index is 11.7. The molecule has 2 amide bonds. The van der Waals surface area contributed by atoms with Crippen molar-refractivity contribution in [1.29, 1.82) is 0 Å². The molecule has 0 aromatic rings. The van der Waals surface area contributed by atoms with Gasteiger partial charge in [0.05, 0.1) is 12.7 Å². The molecule has 5 nitrogen and oxygen atoms in total. The molecule has 0 bridgehead atoms. The Balaban J connectivity index is 2.11. The van der Waals surface area contributed by atoms with Crippen LogP contribution in [-0.2, 0) is 4.74 Å². The lowest BCUT2D eigenvalue weighted by molar-refractivity contribution is 0.0598. The Hall–Kier alpha value is -0.810. The molecule has 0 radical (unpaired) electrons. The van der Waals surface area contributed by atoms with Crippen LogP contribution in [0.4, 0.5) is 4.79 Å². The van der Waals surface area contributed by atoms with Crippen LogP contribution >= 0.6 is 0 Å². The van der Waals surface area contributed by atoms with E-state index in [-0.39, 0.29) is 6.03 Å². The van der Waals surface area contributed by atoms with Crippen molar-refractivity contribution in [3.05, 3.63) is 0 Å². The first-order valence-corrected chi connectivity index (χ1v) is 7.74. The summed E-state index contributed by atoms with van der Waals surface area (Å²) in [5.41, 5.74) is 0. The predicted octanol–water partition coefficient (Wildman–Crippen LogP) is 1.90. The summed E-state index contributed by atoms with van der Waals surface area (Å²) in [6.45, 7) is 5.33. The number of methoxy groups -OCH3 is 1. The second-order valence-electron chi connectivity index (χ2n) is 6.15. The smallest absolute Gasteiger partial charge is 0.315 e. The van der Waals surface area contributed by atoms with E-state index >= 15 is 0 Å². The fraction of sp³-hybridized carbons (Fsp3) is 0.933. The number of rotatable bonds is 7. The quantitative estimate of drug-likeness (QED) is 0.669. The topological polar surface area (TPSA) is 70.6 Å². The Morgan fingerprint density at radius 1 is 1.30 bits per heavy atom. The van der Waals surface area contributed by atoms with Crippen molar-refractivity contribution in [3.63, 3.8) is 0 Å². The van der Waals surface area contributed by atoms with Crippen LogP contribution < -0.4 is 10.6 Å². The summed E-state index contributed by atoms with van der Waals surface area (Å²) in [6, 6.07) is 0.177. The molecule has 0 aliphatic heterocycles. The summed E-state index contributed by atoms with van der Waals surface area (Å²) in [5.74, 6) is 1.55. The zero-order valence-corrected chi connectivity index (χ0v) is 13.0. The second-order valence-corrected chi connectivity index (χ2v) is 6.15. The van der Waals surface area contributed by atoms with Crippen molar-refractivity contribution >= 4 is 6.03 Å². The molecule has 0 saturated heterocycles. The molecular formula is C15H30N2O3. The number of hydrogen-bond donors (Lipinski definition) is 3. The standard InChI is InChI=1S/C15H30N2O3/c1-11(2)12-4-6-13(7-5-12)17-15(19)16-9-8-14(18)10-20-3/h11-14,18H,4-10H2,1-3H3,(H2,16,17,19). The summed E-state index contributed by atoms with van der Waals surface area (Å²) < 4.78 is 4.83. The monoisotopic (exact) mass is 286 g/mol. The maximum absolute atomic E-state index is 11.7. The number of aliphatic hydroxyl groups is 1. The average Bonchev–Trinajstić information content (AvgIpc) is 2.39. The van der Waals surface area contributed by atoms with Gasteiger partial charge in [-0.3, -0.25) is 0 Å². The van der Waals surface area contributed by atoms with Gasteiger partial charge in [0, 0.05) is 19.7 Å². The van der Waals surface area contributed by atoms with Crippen LogP contribution in [-0.4, -0.2) is 43.5 Å². The van der Waals surface area contributed by atoms with Gasteiger partial charge >= 0.3 is 6.03 Å². The number of carbonyl (C=O) groups excluding carboxylic acids is 1. The van der Waals surface area contributed by atoms with Crippen molar-refractivity contribution in [3.8, 4) is 0 Å². The van der Waals surface area contributed by atoms with E-state index in [1.165, 1.54) is 12.8 Å². The van der Waals surface area contributed by atoms with Crippen LogP contribution in [0.2, 0.25) is 0 Å². The molecule has 0 spiro atoms. The van der Waals surface area contributed by atoms with Crippen LogP contribution in [0.1, 0.15) is 46.0 Å². The minimum atomic E-state index is -0.512. The highest BCUT2D eigenvalue weighted by atomic mass is 16.5. The van der Waals surface area contributed by atoms with Crippen LogP contribution in [0.5, 0.6) is 0 Å². The van der Waals surface area contributed by atoms with Gasteiger partial charge in [0.15, 0.2) is 0 Å². The van der Waals surface area contributed by atoms with Gasteiger partial charge in [-0.05, 0) is 43.9 Å². The minimum Gasteiger partial charge on any atom is -0.391 e. The molecule has 1 unspecified atom stereocenters. The number of ether oxygens (including phenoxy) is 1. The third kappa shape index (κ3) is 6.57. The Morgan fingerprint density at radius 3 is 2.50 bits per heavy atom. The summed E-state index contributed by atoms with van der Waals surface area (Å²) in [7, 11) is 1.55. The van der Waals surface area contributed by atoms with E-state index in [1.807, 2.05) is 0 Å². The molecule has 5 heteroatoms. The lowest BCUT2D eigenvalue weighted by Gasteiger charge is -2.31. The van der Waals surface area contributed by atoms with Gasteiger partial charge in [-0.15, -0.1) is 0 Å². The molecule has 1 atom stereocenters. The molecule has 1 rings (SSSR count). The van der Waals surface area contributed by atoms with Crippen LogP contribution in [0, 0.1) is 11.8 Å². The Kier molecular flexibility index (Phi) is 7.92. The lowest BCUT2D eigenvalue weighted by Crippen LogP contribution is -2.44. The first-order valence-electron chi connectivity index (χ1n) is 7.74. The molecule has 1 aliphatic carbocycles. The molecule has 1 saturated carbocycles. The molecule has 0 aromatic carbocycles. The Morgan fingerprint density at radius 2 is 1.95 bits per heavy atom. The van der Waals surface area contributed by atoms with Gasteiger partial charge in [0.1, 0.15) is 0 Å². The second kappa shape index (κ2) is 9.19. The largest absolute Gasteiger partial charge is 0.391 e. The summed E-state index contributed by atoms with van der Waals surface area (Å²) >= 11 is 0. The molecule has 20 heavy (non-hydrogen) atoms. The predicted molar refractivity (Wildman–Crippen MR) is 79.6 cm³/mol. The molecule has 1 fully saturated rings. The van der Waals surface area contributed by atoms with Gasteiger partial charge < -0.3 is 20.5 Å². The number of amides is 2. The van der Waals surface area contributed by atoms with E-state index in [0.29, 0.717) is 25.6 Å². The van der Waals surface area contributed by atoms with E-state index in [9.17, 15) is 9.90 Å². The third-order valence-electron chi connectivity index (χ3n) is 4.17. The maximum Gasteiger partial charge on any atom is 0.315 e. The Bertz CT molecular complexity index is 276. The van der Waals surface area contributed by atoms with Gasteiger partial charge in [0.2, 0.25) is 0 Å².